The van der Waals surface area contributed by atoms with Gasteiger partial charge in [0.05, 0.1) is 0 Å². The van der Waals surface area contributed by atoms with Crippen molar-refractivity contribution in [3.63, 3.8) is 0 Å². The van der Waals surface area contributed by atoms with Crippen molar-refractivity contribution < 1.29 is 0 Å². The van der Waals surface area contributed by atoms with E-state index in [1.165, 1.54) is 0 Å². The van der Waals surface area contributed by atoms with E-state index in [0.717, 1.165) is 35.0 Å². The number of anilines is 1. The standard InChI is InChI=1S/C13H21ClN2S/c1-4-10(9-17-3)16(2)8-11-12(14)6-5-7-13(11)15/h5-7,10H,4,8-9,15H2,1-3H3. The van der Waals surface area contributed by atoms with Crippen LogP contribution >= 0.6 is 23.4 Å². The van der Waals surface area contributed by atoms with Gasteiger partial charge in [0, 0.05) is 34.6 Å². The number of nitrogens with zero attached hydrogens (tertiary/aromatic N) is 1. The van der Waals surface area contributed by atoms with Gasteiger partial charge in [-0.25, -0.2) is 0 Å². The quantitative estimate of drug-likeness (QED) is 0.804. The second-order valence-electron chi connectivity index (χ2n) is 4.24. The molecule has 1 unspecified atom stereocenters. The lowest BCUT2D eigenvalue weighted by atomic mass is 10.1. The van der Waals surface area contributed by atoms with Gasteiger partial charge < -0.3 is 5.73 Å². The molecule has 2 N–H and O–H groups in total. The van der Waals surface area contributed by atoms with E-state index in [4.69, 9.17) is 17.3 Å². The average molecular weight is 273 g/mol. The first kappa shape index (κ1) is 14.7. The largest absolute Gasteiger partial charge is 0.398 e. The summed E-state index contributed by atoms with van der Waals surface area (Å²) in [5.41, 5.74) is 7.79. The van der Waals surface area contributed by atoms with E-state index in [0.29, 0.717) is 6.04 Å². The molecule has 17 heavy (non-hydrogen) atoms. The van der Waals surface area contributed by atoms with E-state index in [1.807, 2.05) is 30.0 Å². The summed E-state index contributed by atoms with van der Waals surface area (Å²) < 4.78 is 0. The molecule has 0 spiro atoms. The van der Waals surface area contributed by atoms with E-state index in [1.54, 1.807) is 0 Å². The Morgan fingerprint density at radius 1 is 1.47 bits per heavy atom. The monoisotopic (exact) mass is 272 g/mol. The molecule has 1 atom stereocenters. The molecule has 0 aromatic heterocycles. The molecule has 0 bridgehead atoms. The maximum Gasteiger partial charge on any atom is 0.0471 e. The van der Waals surface area contributed by atoms with Gasteiger partial charge in [0.2, 0.25) is 0 Å². The topological polar surface area (TPSA) is 29.3 Å². The maximum atomic E-state index is 6.19. The molecule has 0 heterocycles. The Morgan fingerprint density at radius 3 is 2.71 bits per heavy atom. The van der Waals surface area contributed by atoms with Crippen LogP contribution in [0.4, 0.5) is 5.69 Å². The highest BCUT2D eigenvalue weighted by Gasteiger charge is 2.15. The summed E-state index contributed by atoms with van der Waals surface area (Å²) >= 11 is 8.06. The molecular formula is C13H21ClN2S. The molecule has 1 aromatic rings. The van der Waals surface area contributed by atoms with E-state index in [-0.39, 0.29) is 0 Å². The van der Waals surface area contributed by atoms with Crippen LogP contribution < -0.4 is 5.73 Å². The zero-order chi connectivity index (χ0) is 12.8. The zero-order valence-corrected chi connectivity index (χ0v) is 12.3. The molecule has 0 amide bonds. The number of nitrogen functional groups attached to an aromatic ring is 1. The molecule has 1 rings (SSSR count). The van der Waals surface area contributed by atoms with Crippen LogP contribution in [0.15, 0.2) is 18.2 Å². The summed E-state index contributed by atoms with van der Waals surface area (Å²) in [7, 11) is 2.13. The van der Waals surface area contributed by atoms with Crippen molar-refractivity contribution in [1.29, 1.82) is 0 Å². The van der Waals surface area contributed by atoms with Crippen LogP contribution in [0, 0.1) is 0 Å². The van der Waals surface area contributed by atoms with E-state index >= 15 is 0 Å². The molecule has 0 radical (unpaired) electrons. The normalized spacial score (nSPS) is 13.0. The Kier molecular flexibility index (Phi) is 6.17. The van der Waals surface area contributed by atoms with Crippen LogP contribution in [0.2, 0.25) is 5.02 Å². The van der Waals surface area contributed by atoms with E-state index < -0.39 is 0 Å². The smallest absolute Gasteiger partial charge is 0.0471 e. The Labute approximate surface area is 114 Å². The summed E-state index contributed by atoms with van der Waals surface area (Å²) in [6.07, 6.45) is 3.28. The zero-order valence-electron chi connectivity index (χ0n) is 10.7. The van der Waals surface area contributed by atoms with Crippen molar-refractivity contribution in [2.75, 3.05) is 24.8 Å². The SMILES string of the molecule is CCC(CSC)N(C)Cc1c(N)cccc1Cl. The van der Waals surface area contributed by atoms with Crippen molar-refractivity contribution >= 4 is 29.1 Å². The Hall–Kier alpha value is -0.380. The van der Waals surface area contributed by atoms with Gasteiger partial charge in [-0.05, 0) is 31.9 Å². The lowest BCUT2D eigenvalue weighted by Crippen LogP contribution is -2.33. The number of hydrogen-bond acceptors (Lipinski definition) is 3. The molecule has 1 aromatic carbocycles. The van der Waals surface area contributed by atoms with Gasteiger partial charge >= 0.3 is 0 Å². The molecule has 0 saturated carbocycles. The first-order valence-corrected chi connectivity index (χ1v) is 7.59. The molecule has 96 valence electrons. The third kappa shape index (κ3) is 4.09. The molecule has 0 saturated heterocycles. The van der Waals surface area contributed by atoms with Crippen molar-refractivity contribution in [3.05, 3.63) is 28.8 Å². The molecule has 4 heteroatoms. The third-order valence-corrected chi connectivity index (χ3v) is 4.09. The predicted octanol–water partition coefficient (Wildman–Crippen LogP) is 3.50. The maximum absolute atomic E-state index is 6.19. The minimum Gasteiger partial charge on any atom is -0.398 e. The summed E-state index contributed by atoms with van der Waals surface area (Å²) in [5, 5.41) is 0.760. The van der Waals surface area contributed by atoms with E-state index in [2.05, 4.69) is 25.1 Å². The van der Waals surface area contributed by atoms with Crippen LogP contribution in [0.25, 0.3) is 0 Å². The third-order valence-electron chi connectivity index (χ3n) is 3.02. The van der Waals surface area contributed by atoms with Crippen molar-refractivity contribution in [1.82, 2.24) is 4.90 Å². The van der Waals surface area contributed by atoms with Gasteiger partial charge in [-0.2, -0.15) is 11.8 Å². The van der Waals surface area contributed by atoms with Crippen LogP contribution in [-0.2, 0) is 6.54 Å². The second kappa shape index (κ2) is 7.14. The van der Waals surface area contributed by atoms with Gasteiger partial charge in [-0.1, -0.05) is 24.6 Å². The first-order chi connectivity index (χ1) is 8.10. The lowest BCUT2D eigenvalue weighted by molar-refractivity contribution is 0.248. The minimum atomic E-state index is 0.570. The van der Waals surface area contributed by atoms with Gasteiger partial charge in [0.25, 0.3) is 0 Å². The van der Waals surface area contributed by atoms with Crippen LogP contribution in [0.3, 0.4) is 0 Å². The molecule has 0 fully saturated rings. The van der Waals surface area contributed by atoms with Crippen LogP contribution in [-0.4, -0.2) is 30.0 Å². The van der Waals surface area contributed by atoms with E-state index in [9.17, 15) is 0 Å². The van der Waals surface area contributed by atoms with Crippen molar-refractivity contribution in [2.24, 2.45) is 0 Å². The first-order valence-electron chi connectivity index (χ1n) is 5.82. The van der Waals surface area contributed by atoms with Crippen LogP contribution in [0.5, 0.6) is 0 Å². The summed E-state index contributed by atoms with van der Waals surface area (Å²) in [6.45, 7) is 3.03. The number of nitrogens with two attached hydrogens (primary N) is 1. The Morgan fingerprint density at radius 2 is 2.18 bits per heavy atom. The van der Waals surface area contributed by atoms with Crippen LogP contribution in [0.1, 0.15) is 18.9 Å². The fraction of sp³-hybridized carbons (Fsp3) is 0.538. The molecule has 0 aliphatic carbocycles. The van der Waals surface area contributed by atoms with Gasteiger partial charge in [-0.3, -0.25) is 4.90 Å². The highest BCUT2D eigenvalue weighted by Crippen LogP contribution is 2.24. The van der Waals surface area contributed by atoms with Crippen molar-refractivity contribution in [2.45, 2.75) is 25.9 Å². The molecule has 2 nitrogen and oxygen atoms in total. The lowest BCUT2D eigenvalue weighted by Gasteiger charge is -2.27. The Balaban J connectivity index is 2.76. The van der Waals surface area contributed by atoms with Crippen molar-refractivity contribution in [3.8, 4) is 0 Å². The number of halogens is 1. The summed E-state index contributed by atoms with van der Waals surface area (Å²) in [5.74, 6) is 1.14. The summed E-state index contributed by atoms with van der Waals surface area (Å²) in [4.78, 5) is 2.33. The molecule has 0 aliphatic rings. The molecular weight excluding hydrogens is 252 g/mol. The van der Waals surface area contributed by atoms with Gasteiger partial charge in [0.1, 0.15) is 0 Å². The number of benzene rings is 1. The fourth-order valence-electron chi connectivity index (χ4n) is 1.87. The second-order valence-corrected chi connectivity index (χ2v) is 5.56. The Bertz CT molecular complexity index is 337. The highest BCUT2D eigenvalue weighted by atomic mass is 35.5. The van der Waals surface area contributed by atoms with Gasteiger partial charge in [0.15, 0.2) is 0 Å². The summed E-state index contributed by atoms with van der Waals surface area (Å²) in [6, 6.07) is 6.27. The van der Waals surface area contributed by atoms with Gasteiger partial charge in [-0.15, -0.1) is 0 Å². The highest BCUT2D eigenvalue weighted by molar-refractivity contribution is 7.98. The average Bonchev–Trinajstić information content (AvgIpc) is 2.30. The minimum absolute atomic E-state index is 0.570. The molecule has 0 aliphatic heterocycles. The number of thioether (sulfide) groups is 1. The number of hydrogen-bond donors (Lipinski definition) is 1. The predicted molar refractivity (Wildman–Crippen MR) is 79.8 cm³/mol. The number of rotatable bonds is 6. The fourth-order valence-corrected chi connectivity index (χ4v) is 2.99.